The van der Waals surface area contributed by atoms with Gasteiger partial charge in [0.2, 0.25) is 0 Å². The third-order valence-electron chi connectivity index (χ3n) is 7.79. The molecule has 4 aliphatic carbocycles. The molecule has 2 N–H and O–H groups in total. The number of rotatable bonds is 1. The molecule has 0 amide bonds. The molecule has 3 heteroatoms. The van der Waals surface area contributed by atoms with Gasteiger partial charge in [0.1, 0.15) is 5.78 Å². The zero-order valence-corrected chi connectivity index (χ0v) is 13.6. The summed E-state index contributed by atoms with van der Waals surface area (Å²) in [6, 6.07) is 0. The number of hydrogen-bond acceptors (Lipinski definition) is 3. The van der Waals surface area contributed by atoms with Gasteiger partial charge in [0.05, 0.1) is 12.7 Å². The van der Waals surface area contributed by atoms with E-state index in [4.69, 9.17) is 0 Å². The van der Waals surface area contributed by atoms with Crippen LogP contribution in [-0.2, 0) is 4.79 Å². The molecular weight excluding hydrogens is 276 g/mol. The minimum atomic E-state index is -0.232. The van der Waals surface area contributed by atoms with Gasteiger partial charge in [0.15, 0.2) is 0 Å². The average Bonchev–Trinajstić information content (AvgIpc) is 2.82. The highest BCUT2D eigenvalue weighted by Crippen LogP contribution is 2.63. The van der Waals surface area contributed by atoms with Crippen molar-refractivity contribution in [2.24, 2.45) is 28.6 Å². The van der Waals surface area contributed by atoms with Crippen molar-refractivity contribution in [1.29, 1.82) is 0 Å². The van der Waals surface area contributed by atoms with Gasteiger partial charge in [0.25, 0.3) is 0 Å². The molecule has 0 aromatic heterocycles. The number of allylic oxidation sites excluding steroid dienone is 1. The molecule has 0 aliphatic heterocycles. The molecule has 6 atom stereocenters. The normalized spacial score (nSPS) is 50.9. The van der Waals surface area contributed by atoms with E-state index in [0.717, 1.165) is 51.4 Å². The zero-order valence-electron chi connectivity index (χ0n) is 13.6. The van der Waals surface area contributed by atoms with E-state index >= 15 is 0 Å². The summed E-state index contributed by atoms with van der Waals surface area (Å²) in [5, 5.41) is 20.3. The smallest absolute Gasteiger partial charge is 0.139 e. The van der Waals surface area contributed by atoms with E-state index in [2.05, 4.69) is 13.0 Å². The molecule has 0 aromatic carbocycles. The van der Waals surface area contributed by atoms with Crippen molar-refractivity contribution in [2.45, 2.75) is 64.4 Å². The maximum atomic E-state index is 12.4. The SMILES string of the molecule is C[C@@]12CC[C@@H]3[C@@H](CC=C4C[C@H](O)CC[C@@]43CO)[C@H]1CCC2=O. The minimum absolute atomic E-state index is 0.0999. The molecule has 0 bridgehead atoms. The number of aliphatic hydroxyl groups excluding tert-OH is 2. The van der Waals surface area contributed by atoms with Crippen LogP contribution in [0.4, 0.5) is 0 Å². The molecule has 3 nitrogen and oxygen atoms in total. The first kappa shape index (κ1) is 14.9. The van der Waals surface area contributed by atoms with Gasteiger partial charge in [-0.3, -0.25) is 4.79 Å². The summed E-state index contributed by atoms with van der Waals surface area (Å²) in [6.07, 6.45) is 9.45. The molecule has 3 fully saturated rings. The first-order chi connectivity index (χ1) is 10.5. The molecule has 4 rings (SSSR count). The summed E-state index contributed by atoms with van der Waals surface area (Å²) < 4.78 is 0. The quantitative estimate of drug-likeness (QED) is 0.732. The highest BCUT2D eigenvalue weighted by molar-refractivity contribution is 5.87. The van der Waals surface area contributed by atoms with Crippen molar-refractivity contribution in [3.63, 3.8) is 0 Å². The fraction of sp³-hybridized carbons (Fsp3) is 0.842. The van der Waals surface area contributed by atoms with Crippen LogP contribution >= 0.6 is 0 Å². The second-order valence-corrected chi connectivity index (χ2v) is 8.47. The maximum Gasteiger partial charge on any atom is 0.139 e. The molecule has 22 heavy (non-hydrogen) atoms. The predicted molar refractivity (Wildman–Crippen MR) is 84.1 cm³/mol. The first-order valence-electron chi connectivity index (χ1n) is 9.03. The van der Waals surface area contributed by atoms with Crippen LogP contribution in [0.15, 0.2) is 11.6 Å². The second kappa shape index (κ2) is 4.91. The van der Waals surface area contributed by atoms with Gasteiger partial charge in [-0.2, -0.15) is 0 Å². The van der Waals surface area contributed by atoms with Crippen LogP contribution in [0.5, 0.6) is 0 Å². The Morgan fingerprint density at radius 2 is 2.05 bits per heavy atom. The summed E-state index contributed by atoms with van der Waals surface area (Å²) in [7, 11) is 0. The second-order valence-electron chi connectivity index (χ2n) is 8.47. The lowest BCUT2D eigenvalue weighted by Gasteiger charge is -2.57. The summed E-state index contributed by atoms with van der Waals surface area (Å²) in [5.74, 6) is 2.04. The van der Waals surface area contributed by atoms with Crippen molar-refractivity contribution >= 4 is 5.78 Å². The van der Waals surface area contributed by atoms with Crippen LogP contribution in [0.1, 0.15) is 58.3 Å². The Morgan fingerprint density at radius 1 is 1.23 bits per heavy atom. The zero-order chi connectivity index (χ0) is 15.5. The van der Waals surface area contributed by atoms with Crippen molar-refractivity contribution < 1.29 is 15.0 Å². The number of hydrogen-bond donors (Lipinski definition) is 2. The lowest BCUT2D eigenvalue weighted by Crippen LogP contribution is -2.53. The van der Waals surface area contributed by atoms with Gasteiger partial charge in [-0.1, -0.05) is 18.6 Å². The number of carbonyl (C=O) groups excluding carboxylic acids is 1. The molecule has 0 radical (unpaired) electrons. The Balaban J connectivity index is 1.72. The standard InChI is InChI=1S/C19H28O3/c1-18-8-7-16-14(15(18)4-5-17(18)22)3-2-12-10-13(21)6-9-19(12,16)11-20/h2,13-16,20-21H,3-11H2,1H3/t13-,14+,15-,16-,18-,19-/m1/s1. The predicted octanol–water partition coefficient (Wildman–Crippen LogP) is 2.85. The molecule has 0 saturated heterocycles. The summed E-state index contributed by atoms with van der Waals surface area (Å²) in [6.45, 7) is 2.41. The van der Waals surface area contributed by atoms with Crippen molar-refractivity contribution in [2.75, 3.05) is 6.61 Å². The van der Waals surface area contributed by atoms with Gasteiger partial charge >= 0.3 is 0 Å². The number of ketones is 1. The van der Waals surface area contributed by atoms with E-state index in [0.29, 0.717) is 23.5 Å². The fourth-order valence-corrected chi connectivity index (χ4v) is 6.50. The van der Waals surface area contributed by atoms with E-state index < -0.39 is 0 Å². The monoisotopic (exact) mass is 304 g/mol. The van der Waals surface area contributed by atoms with Crippen molar-refractivity contribution in [3.05, 3.63) is 11.6 Å². The van der Waals surface area contributed by atoms with Gasteiger partial charge in [-0.15, -0.1) is 0 Å². The van der Waals surface area contributed by atoms with E-state index in [1.165, 1.54) is 5.57 Å². The number of aliphatic hydroxyl groups is 2. The third-order valence-corrected chi connectivity index (χ3v) is 7.79. The Kier molecular flexibility index (Phi) is 3.32. The van der Waals surface area contributed by atoms with Crippen LogP contribution < -0.4 is 0 Å². The topological polar surface area (TPSA) is 57.5 Å². The van der Waals surface area contributed by atoms with Crippen LogP contribution in [0.2, 0.25) is 0 Å². The summed E-state index contributed by atoms with van der Waals surface area (Å²) >= 11 is 0. The molecular formula is C19H28O3. The molecule has 4 aliphatic rings. The third kappa shape index (κ3) is 1.78. The maximum absolute atomic E-state index is 12.4. The Labute approximate surface area is 132 Å². The molecule has 3 saturated carbocycles. The van der Waals surface area contributed by atoms with Crippen LogP contribution in [0, 0.1) is 28.6 Å². The lowest BCUT2D eigenvalue weighted by atomic mass is 9.47. The highest BCUT2D eigenvalue weighted by Gasteiger charge is 2.59. The van der Waals surface area contributed by atoms with Crippen molar-refractivity contribution in [3.8, 4) is 0 Å². The molecule has 0 unspecified atom stereocenters. The van der Waals surface area contributed by atoms with E-state index in [1.807, 2.05) is 0 Å². The summed E-state index contributed by atoms with van der Waals surface area (Å²) in [5.41, 5.74) is 1.11. The number of carbonyl (C=O) groups is 1. The lowest BCUT2D eigenvalue weighted by molar-refractivity contribution is -0.133. The van der Waals surface area contributed by atoms with E-state index in [9.17, 15) is 15.0 Å². The Morgan fingerprint density at radius 3 is 2.82 bits per heavy atom. The van der Waals surface area contributed by atoms with Gasteiger partial charge in [-0.05, 0) is 62.7 Å². The molecule has 0 heterocycles. The Bertz CT molecular complexity index is 525. The Hall–Kier alpha value is -0.670. The average molecular weight is 304 g/mol. The largest absolute Gasteiger partial charge is 0.395 e. The van der Waals surface area contributed by atoms with Gasteiger partial charge < -0.3 is 10.2 Å². The summed E-state index contributed by atoms with van der Waals surface area (Å²) in [4.78, 5) is 12.4. The van der Waals surface area contributed by atoms with E-state index in [-0.39, 0.29) is 23.5 Å². The van der Waals surface area contributed by atoms with Crippen LogP contribution in [0.3, 0.4) is 0 Å². The van der Waals surface area contributed by atoms with E-state index in [1.54, 1.807) is 0 Å². The molecule has 0 spiro atoms. The van der Waals surface area contributed by atoms with Crippen LogP contribution in [-0.4, -0.2) is 28.7 Å². The van der Waals surface area contributed by atoms with Crippen LogP contribution in [0.25, 0.3) is 0 Å². The van der Waals surface area contributed by atoms with Crippen molar-refractivity contribution in [1.82, 2.24) is 0 Å². The molecule has 122 valence electrons. The fourth-order valence-electron chi connectivity index (χ4n) is 6.50. The minimum Gasteiger partial charge on any atom is -0.395 e. The number of Topliss-reactive ketones (excluding diaryl/α,β-unsaturated/α-hetero) is 1. The highest BCUT2D eigenvalue weighted by atomic mass is 16.3. The first-order valence-corrected chi connectivity index (χ1v) is 9.03. The van der Waals surface area contributed by atoms with Gasteiger partial charge in [0, 0.05) is 17.3 Å². The van der Waals surface area contributed by atoms with Gasteiger partial charge in [-0.25, -0.2) is 0 Å². The number of fused-ring (bicyclic) bond motifs is 5. The molecule has 0 aromatic rings.